The SMILES string of the molecule is CCCCN(CC)c1ccc(C(=O)N(CC)Cc2nc3ccccc3c(=O)[nH]2)cc1. The van der Waals surface area contributed by atoms with Gasteiger partial charge in [-0.2, -0.15) is 0 Å². The monoisotopic (exact) mass is 406 g/mol. The molecule has 0 spiro atoms. The Hall–Kier alpha value is -3.15. The van der Waals surface area contributed by atoms with E-state index in [4.69, 9.17) is 0 Å². The first-order chi connectivity index (χ1) is 14.6. The van der Waals surface area contributed by atoms with Crippen LogP contribution in [-0.2, 0) is 6.54 Å². The first-order valence-electron chi connectivity index (χ1n) is 10.7. The Bertz CT molecular complexity index is 1040. The molecule has 3 rings (SSSR count). The van der Waals surface area contributed by atoms with Crippen molar-refractivity contribution in [3.63, 3.8) is 0 Å². The number of aromatic nitrogens is 2. The molecule has 1 heterocycles. The van der Waals surface area contributed by atoms with E-state index in [1.807, 2.05) is 49.4 Å². The summed E-state index contributed by atoms with van der Waals surface area (Å²) >= 11 is 0. The molecule has 1 N–H and O–H groups in total. The van der Waals surface area contributed by atoms with Crippen LogP contribution in [0.2, 0.25) is 0 Å². The van der Waals surface area contributed by atoms with Crippen molar-refractivity contribution >= 4 is 22.5 Å². The lowest BCUT2D eigenvalue weighted by molar-refractivity contribution is 0.0748. The molecular weight excluding hydrogens is 376 g/mol. The van der Waals surface area contributed by atoms with E-state index in [0.717, 1.165) is 31.6 Å². The number of H-pyrrole nitrogens is 1. The molecule has 0 aliphatic carbocycles. The molecule has 0 saturated carbocycles. The quantitative estimate of drug-likeness (QED) is 0.578. The van der Waals surface area contributed by atoms with Crippen LogP contribution in [0.1, 0.15) is 49.8 Å². The topological polar surface area (TPSA) is 69.3 Å². The van der Waals surface area contributed by atoms with Crippen LogP contribution in [0.4, 0.5) is 5.69 Å². The lowest BCUT2D eigenvalue weighted by Gasteiger charge is -2.24. The van der Waals surface area contributed by atoms with Gasteiger partial charge >= 0.3 is 0 Å². The van der Waals surface area contributed by atoms with Gasteiger partial charge < -0.3 is 14.8 Å². The second kappa shape index (κ2) is 10.1. The summed E-state index contributed by atoms with van der Waals surface area (Å²) in [6.45, 7) is 8.99. The van der Waals surface area contributed by atoms with Crippen LogP contribution in [0, 0.1) is 0 Å². The maximum atomic E-state index is 13.0. The molecule has 6 heteroatoms. The van der Waals surface area contributed by atoms with Crippen LogP contribution in [0.25, 0.3) is 10.9 Å². The number of nitrogens with zero attached hydrogens (tertiary/aromatic N) is 3. The number of nitrogens with one attached hydrogen (secondary N) is 1. The van der Waals surface area contributed by atoms with Gasteiger partial charge in [0.05, 0.1) is 17.4 Å². The number of carbonyl (C=O) groups excluding carboxylic acids is 1. The third-order valence-electron chi connectivity index (χ3n) is 5.31. The first kappa shape index (κ1) is 21.6. The van der Waals surface area contributed by atoms with E-state index in [1.54, 1.807) is 11.0 Å². The van der Waals surface area contributed by atoms with Gasteiger partial charge in [-0.3, -0.25) is 9.59 Å². The molecule has 0 fully saturated rings. The van der Waals surface area contributed by atoms with Gasteiger partial charge in [-0.15, -0.1) is 0 Å². The smallest absolute Gasteiger partial charge is 0.258 e. The average molecular weight is 407 g/mol. The van der Waals surface area contributed by atoms with Crippen molar-refractivity contribution < 1.29 is 4.79 Å². The molecule has 0 atom stereocenters. The highest BCUT2D eigenvalue weighted by atomic mass is 16.2. The van der Waals surface area contributed by atoms with E-state index in [-0.39, 0.29) is 18.0 Å². The fourth-order valence-electron chi connectivity index (χ4n) is 3.53. The minimum atomic E-state index is -0.185. The standard InChI is InChI=1S/C24H30N4O2/c1-4-7-16-27(5-2)19-14-12-18(13-15-19)24(30)28(6-3)17-22-25-21-11-9-8-10-20(21)23(29)26-22/h8-15H,4-7,16-17H2,1-3H3,(H,25,26,29). The maximum absolute atomic E-state index is 13.0. The lowest BCUT2D eigenvalue weighted by Crippen LogP contribution is -2.32. The Morgan fingerprint density at radius 3 is 2.40 bits per heavy atom. The number of fused-ring (bicyclic) bond motifs is 1. The number of aromatic amines is 1. The Kier molecular flexibility index (Phi) is 7.22. The molecule has 0 aliphatic rings. The Morgan fingerprint density at radius 1 is 1.00 bits per heavy atom. The number of para-hydroxylation sites is 1. The van der Waals surface area contributed by atoms with Gasteiger partial charge in [-0.05, 0) is 56.7 Å². The molecule has 0 bridgehead atoms. The number of unbranched alkanes of at least 4 members (excludes halogenated alkanes) is 1. The summed E-state index contributed by atoms with van der Waals surface area (Å²) in [5.74, 6) is 0.415. The van der Waals surface area contributed by atoms with Crippen molar-refractivity contribution in [3.8, 4) is 0 Å². The fourth-order valence-corrected chi connectivity index (χ4v) is 3.53. The molecular formula is C24H30N4O2. The van der Waals surface area contributed by atoms with Gasteiger partial charge in [0.15, 0.2) is 0 Å². The summed E-state index contributed by atoms with van der Waals surface area (Å²) < 4.78 is 0. The zero-order valence-electron chi connectivity index (χ0n) is 18.0. The van der Waals surface area contributed by atoms with Crippen LogP contribution in [0.5, 0.6) is 0 Å². The van der Waals surface area contributed by atoms with Crippen molar-refractivity contribution in [1.29, 1.82) is 0 Å². The Balaban J connectivity index is 1.77. The number of hydrogen-bond acceptors (Lipinski definition) is 4. The molecule has 0 aliphatic heterocycles. The summed E-state index contributed by atoms with van der Waals surface area (Å²) in [6.07, 6.45) is 2.30. The van der Waals surface area contributed by atoms with Gasteiger partial charge in [0.2, 0.25) is 0 Å². The zero-order chi connectivity index (χ0) is 21.5. The van der Waals surface area contributed by atoms with E-state index >= 15 is 0 Å². The molecule has 2 aromatic carbocycles. The third kappa shape index (κ3) is 4.87. The number of anilines is 1. The normalized spacial score (nSPS) is 10.9. The molecule has 0 radical (unpaired) electrons. The van der Waals surface area contributed by atoms with E-state index in [0.29, 0.717) is 28.8 Å². The second-order valence-corrected chi connectivity index (χ2v) is 7.33. The highest BCUT2D eigenvalue weighted by molar-refractivity contribution is 5.94. The second-order valence-electron chi connectivity index (χ2n) is 7.33. The number of amides is 1. The van der Waals surface area contributed by atoms with E-state index < -0.39 is 0 Å². The molecule has 6 nitrogen and oxygen atoms in total. The van der Waals surface area contributed by atoms with Gasteiger partial charge in [0, 0.05) is 30.9 Å². The highest BCUT2D eigenvalue weighted by Gasteiger charge is 2.17. The van der Waals surface area contributed by atoms with Gasteiger partial charge in [-0.25, -0.2) is 4.98 Å². The molecule has 1 aromatic heterocycles. The molecule has 0 unspecified atom stereocenters. The minimum Gasteiger partial charge on any atom is -0.372 e. The Morgan fingerprint density at radius 2 is 1.73 bits per heavy atom. The van der Waals surface area contributed by atoms with Crippen molar-refractivity contribution in [2.75, 3.05) is 24.5 Å². The van der Waals surface area contributed by atoms with E-state index in [9.17, 15) is 9.59 Å². The van der Waals surface area contributed by atoms with Crippen molar-refractivity contribution in [1.82, 2.24) is 14.9 Å². The van der Waals surface area contributed by atoms with Gasteiger partial charge in [0.1, 0.15) is 5.82 Å². The van der Waals surface area contributed by atoms with Crippen LogP contribution in [0.3, 0.4) is 0 Å². The first-order valence-corrected chi connectivity index (χ1v) is 10.7. The summed E-state index contributed by atoms with van der Waals surface area (Å²) in [6, 6.07) is 15.0. The summed E-state index contributed by atoms with van der Waals surface area (Å²) in [7, 11) is 0. The van der Waals surface area contributed by atoms with Crippen molar-refractivity contribution in [2.45, 2.75) is 40.2 Å². The number of carbonyl (C=O) groups is 1. The third-order valence-corrected chi connectivity index (χ3v) is 5.31. The summed E-state index contributed by atoms with van der Waals surface area (Å²) in [4.78, 5) is 36.7. The number of rotatable bonds is 9. The Labute approximate surface area is 177 Å². The predicted octanol–water partition coefficient (Wildman–Crippen LogP) is 4.21. The molecule has 3 aromatic rings. The number of hydrogen-bond donors (Lipinski definition) is 1. The van der Waals surface area contributed by atoms with Gasteiger partial charge in [-0.1, -0.05) is 25.5 Å². The van der Waals surface area contributed by atoms with Gasteiger partial charge in [0.25, 0.3) is 11.5 Å². The van der Waals surface area contributed by atoms with E-state index in [1.165, 1.54) is 0 Å². The van der Waals surface area contributed by atoms with Crippen LogP contribution >= 0.6 is 0 Å². The highest BCUT2D eigenvalue weighted by Crippen LogP contribution is 2.18. The average Bonchev–Trinajstić information content (AvgIpc) is 2.78. The van der Waals surface area contributed by atoms with Crippen LogP contribution in [-0.4, -0.2) is 40.4 Å². The fraction of sp³-hybridized carbons (Fsp3) is 0.375. The van der Waals surface area contributed by atoms with Crippen LogP contribution < -0.4 is 10.5 Å². The maximum Gasteiger partial charge on any atom is 0.258 e. The summed E-state index contributed by atoms with van der Waals surface area (Å²) in [5, 5.41) is 0.551. The predicted molar refractivity (Wildman–Crippen MR) is 122 cm³/mol. The molecule has 1 amide bonds. The summed E-state index contributed by atoms with van der Waals surface area (Å²) in [5.41, 5.74) is 2.22. The van der Waals surface area contributed by atoms with Crippen LogP contribution in [0.15, 0.2) is 53.3 Å². The molecule has 158 valence electrons. The number of benzene rings is 2. The van der Waals surface area contributed by atoms with Crippen molar-refractivity contribution in [3.05, 3.63) is 70.3 Å². The van der Waals surface area contributed by atoms with E-state index in [2.05, 4.69) is 28.7 Å². The largest absolute Gasteiger partial charge is 0.372 e. The minimum absolute atomic E-state index is 0.0727. The van der Waals surface area contributed by atoms with Crippen molar-refractivity contribution in [2.24, 2.45) is 0 Å². The zero-order valence-corrected chi connectivity index (χ0v) is 18.0. The molecule has 30 heavy (non-hydrogen) atoms. The lowest BCUT2D eigenvalue weighted by atomic mass is 10.1. The molecule has 0 saturated heterocycles.